The van der Waals surface area contributed by atoms with Crippen LogP contribution in [0, 0.1) is 0 Å². The highest BCUT2D eigenvalue weighted by molar-refractivity contribution is 5.79. The van der Waals surface area contributed by atoms with Gasteiger partial charge in [-0.3, -0.25) is 0 Å². The van der Waals surface area contributed by atoms with E-state index in [4.69, 9.17) is 15.6 Å². The maximum Gasteiger partial charge on any atom is 0.408 e. The van der Waals surface area contributed by atoms with Crippen LogP contribution in [0.4, 0.5) is 10.5 Å². The number of aliphatic carboxylic acids is 1. The Kier molecular flexibility index (Phi) is 6.09. The minimum atomic E-state index is -1.11. The average Bonchev–Trinajstić information content (AvgIpc) is 2.37. The first kappa shape index (κ1) is 17.7. The second-order valence-corrected chi connectivity index (χ2v) is 5.85. The van der Waals surface area contributed by atoms with Crippen LogP contribution in [0.3, 0.4) is 0 Å². The van der Waals surface area contributed by atoms with Gasteiger partial charge in [0.05, 0.1) is 17.6 Å². The zero-order valence-corrected chi connectivity index (χ0v) is 13.0. The Morgan fingerprint density at radius 2 is 2.14 bits per heavy atom. The monoisotopic (exact) mass is 310 g/mol. The number of rotatable bonds is 6. The van der Waals surface area contributed by atoms with E-state index in [0.717, 1.165) is 0 Å². The zero-order valence-electron chi connectivity index (χ0n) is 13.0. The zero-order chi connectivity index (χ0) is 16.8. The van der Waals surface area contributed by atoms with Crippen LogP contribution in [-0.2, 0) is 16.0 Å². The maximum atomic E-state index is 11.6. The fraction of sp³-hybridized carbons (Fsp3) is 0.571. The molecule has 1 heterocycles. The molecule has 0 unspecified atom stereocenters. The molecule has 0 saturated heterocycles. The highest BCUT2D eigenvalue weighted by atomic mass is 16.6. The number of anilines is 1. The van der Waals surface area contributed by atoms with Gasteiger partial charge in [-0.15, -0.1) is 0 Å². The van der Waals surface area contributed by atoms with Gasteiger partial charge in [-0.05, 0) is 40.0 Å². The van der Waals surface area contributed by atoms with Crippen LogP contribution in [-0.4, -0.2) is 38.8 Å². The molecule has 1 atom stereocenters. The Morgan fingerprint density at radius 3 is 2.68 bits per heavy atom. The Bertz CT molecular complexity index is 528. The highest BCUT2D eigenvalue weighted by Crippen LogP contribution is 2.11. The number of hydrogen-bond acceptors (Lipinski definition) is 6. The van der Waals surface area contributed by atoms with Crippen LogP contribution in [0.2, 0.25) is 0 Å². The standard InChI is InChI=1S/C14H22N4O4/c1-14(2,3)22-13(21)18-11(12(19)20)6-4-5-10-9(15)7-16-8-17-10/h7-8,11H,4-6,15H2,1-3H3,(H,18,21)(H,19,20)/t11-/m0/s1. The van der Waals surface area contributed by atoms with Crippen molar-refractivity contribution in [1.29, 1.82) is 0 Å². The lowest BCUT2D eigenvalue weighted by Crippen LogP contribution is -2.43. The van der Waals surface area contributed by atoms with Crippen LogP contribution >= 0.6 is 0 Å². The fourth-order valence-electron chi connectivity index (χ4n) is 1.76. The Hall–Kier alpha value is -2.38. The maximum absolute atomic E-state index is 11.6. The number of nitrogen functional groups attached to an aromatic ring is 1. The predicted octanol–water partition coefficient (Wildman–Crippen LogP) is 1.36. The molecule has 22 heavy (non-hydrogen) atoms. The van der Waals surface area contributed by atoms with Crippen LogP contribution in [0.15, 0.2) is 12.5 Å². The lowest BCUT2D eigenvalue weighted by Gasteiger charge is -2.22. The number of carbonyl (C=O) groups excluding carboxylic acids is 1. The quantitative estimate of drug-likeness (QED) is 0.723. The molecule has 0 fully saturated rings. The van der Waals surface area contributed by atoms with Gasteiger partial charge in [0.1, 0.15) is 18.0 Å². The number of carbonyl (C=O) groups is 2. The molecule has 1 rings (SSSR count). The van der Waals surface area contributed by atoms with Crippen LogP contribution in [0.5, 0.6) is 0 Å². The van der Waals surface area contributed by atoms with Gasteiger partial charge in [0.15, 0.2) is 0 Å². The second kappa shape index (κ2) is 7.58. The fourth-order valence-corrected chi connectivity index (χ4v) is 1.76. The summed E-state index contributed by atoms with van der Waals surface area (Å²) in [7, 11) is 0. The Morgan fingerprint density at radius 1 is 1.45 bits per heavy atom. The third-order valence-electron chi connectivity index (χ3n) is 2.72. The van der Waals surface area contributed by atoms with Gasteiger partial charge in [0.25, 0.3) is 0 Å². The molecule has 122 valence electrons. The van der Waals surface area contributed by atoms with Crippen molar-refractivity contribution in [2.75, 3.05) is 5.73 Å². The molecule has 8 nitrogen and oxygen atoms in total. The number of nitrogens with one attached hydrogen (secondary N) is 1. The molecule has 1 amide bonds. The van der Waals surface area contributed by atoms with E-state index < -0.39 is 23.7 Å². The number of amides is 1. The van der Waals surface area contributed by atoms with Gasteiger partial charge in [-0.25, -0.2) is 19.6 Å². The smallest absolute Gasteiger partial charge is 0.408 e. The molecule has 0 radical (unpaired) electrons. The molecule has 0 aliphatic heterocycles. The molecule has 1 aromatic rings. The molecule has 8 heteroatoms. The molecule has 0 spiro atoms. The lowest BCUT2D eigenvalue weighted by atomic mass is 10.1. The molecule has 0 aromatic carbocycles. The minimum absolute atomic E-state index is 0.248. The number of aryl methyl sites for hydroxylation is 1. The van der Waals surface area contributed by atoms with Crippen LogP contribution in [0.25, 0.3) is 0 Å². The minimum Gasteiger partial charge on any atom is -0.480 e. The summed E-state index contributed by atoms with van der Waals surface area (Å²) in [4.78, 5) is 30.6. The topological polar surface area (TPSA) is 127 Å². The second-order valence-electron chi connectivity index (χ2n) is 5.85. The van der Waals surface area contributed by atoms with Gasteiger partial charge < -0.3 is 20.9 Å². The van der Waals surface area contributed by atoms with Gasteiger partial charge in [-0.2, -0.15) is 0 Å². The average molecular weight is 310 g/mol. The summed E-state index contributed by atoms with van der Waals surface area (Å²) < 4.78 is 5.05. The number of ether oxygens (including phenoxy) is 1. The summed E-state index contributed by atoms with van der Waals surface area (Å²) in [6.45, 7) is 5.13. The van der Waals surface area contributed by atoms with E-state index in [1.807, 2.05) is 0 Å². The number of hydrogen-bond donors (Lipinski definition) is 3. The SMILES string of the molecule is CC(C)(C)OC(=O)N[C@@H](CCCc1ncncc1N)C(=O)O. The molecular weight excluding hydrogens is 288 g/mol. The molecule has 1 aromatic heterocycles. The summed E-state index contributed by atoms with van der Waals surface area (Å²) in [6, 6.07) is -1.02. The number of carboxylic acid groups (broad SMARTS) is 1. The van der Waals surface area contributed by atoms with Gasteiger partial charge in [0, 0.05) is 0 Å². The van der Waals surface area contributed by atoms with E-state index >= 15 is 0 Å². The van der Waals surface area contributed by atoms with E-state index in [1.54, 1.807) is 20.8 Å². The third-order valence-corrected chi connectivity index (χ3v) is 2.72. The largest absolute Gasteiger partial charge is 0.480 e. The predicted molar refractivity (Wildman–Crippen MR) is 80.2 cm³/mol. The van der Waals surface area contributed by atoms with E-state index in [-0.39, 0.29) is 6.42 Å². The summed E-state index contributed by atoms with van der Waals surface area (Å²) in [5.74, 6) is -1.11. The number of aromatic nitrogens is 2. The first-order valence-electron chi connectivity index (χ1n) is 6.95. The summed E-state index contributed by atoms with van der Waals surface area (Å²) >= 11 is 0. The Balaban J connectivity index is 2.50. The van der Waals surface area contributed by atoms with E-state index in [2.05, 4.69) is 15.3 Å². The summed E-state index contributed by atoms with van der Waals surface area (Å²) in [5.41, 5.74) is 6.17. The van der Waals surface area contributed by atoms with Crippen molar-refractivity contribution in [3.63, 3.8) is 0 Å². The molecule has 4 N–H and O–H groups in total. The van der Waals surface area contributed by atoms with E-state index in [1.165, 1.54) is 12.5 Å². The summed E-state index contributed by atoms with van der Waals surface area (Å²) in [5, 5.41) is 11.5. The number of nitrogens with zero attached hydrogens (tertiary/aromatic N) is 2. The van der Waals surface area contributed by atoms with Gasteiger partial charge >= 0.3 is 12.1 Å². The van der Waals surface area contributed by atoms with E-state index in [0.29, 0.717) is 24.2 Å². The number of carboxylic acids is 1. The van der Waals surface area contributed by atoms with Gasteiger partial charge in [0.2, 0.25) is 0 Å². The molecule has 0 aliphatic rings. The van der Waals surface area contributed by atoms with Crippen molar-refractivity contribution in [3.8, 4) is 0 Å². The number of alkyl carbamates (subject to hydrolysis) is 1. The van der Waals surface area contributed by atoms with Crippen molar-refractivity contribution in [2.45, 2.75) is 51.7 Å². The van der Waals surface area contributed by atoms with Crippen LogP contribution in [0.1, 0.15) is 39.3 Å². The van der Waals surface area contributed by atoms with Crippen molar-refractivity contribution in [3.05, 3.63) is 18.2 Å². The lowest BCUT2D eigenvalue weighted by molar-refractivity contribution is -0.139. The number of nitrogens with two attached hydrogens (primary N) is 1. The normalized spacial score (nSPS) is 12.5. The summed E-state index contributed by atoms with van der Waals surface area (Å²) in [6.07, 6.45) is 3.40. The molecule has 0 bridgehead atoms. The first-order chi connectivity index (χ1) is 10.2. The van der Waals surface area contributed by atoms with Crippen LogP contribution < -0.4 is 11.1 Å². The molecule has 0 aliphatic carbocycles. The van der Waals surface area contributed by atoms with Gasteiger partial charge in [-0.1, -0.05) is 0 Å². The Labute approximate surface area is 129 Å². The van der Waals surface area contributed by atoms with Crippen molar-refractivity contribution in [2.24, 2.45) is 0 Å². The van der Waals surface area contributed by atoms with E-state index in [9.17, 15) is 9.59 Å². The van der Waals surface area contributed by atoms with Crippen molar-refractivity contribution in [1.82, 2.24) is 15.3 Å². The molecule has 0 saturated carbocycles. The first-order valence-corrected chi connectivity index (χ1v) is 6.95. The third kappa shape index (κ3) is 6.38. The molecular formula is C14H22N4O4. The van der Waals surface area contributed by atoms with Crippen molar-refractivity contribution < 1.29 is 19.4 Å². The highest BCUT2D eigenvalue weighted by Gasteiger charge is 2.23. The van der Waals surface area contributed by atoms with Crippen molar-refractivity contribution >= 4 is 17.7 Å².